The predicted molar refractivity (Wildman–Crippen MR) is 82.1 cm³/mol. The summed E-state index contributed by atoms with van der Waals surface area (Å²) in [5, 5.41) is 3.65. The van der Waals surface area contributed by atoms with E-state index in [0.717, 1.165) is 32.8 Å². The molecule has 0 bridgehead atoms. The Morgan fingerprint density at radius 2 is 2.15 bits per heavy atom. The maximum absolute atomic E-state index is 5.59. The van der Waals surface area contributed by atoms with Crippen molar-refractivity contribution in [1.82, 2.24) is 10.2 Å². The minimum atomic E-state index is 0.406. The zero-order chi connectivity index (χ0) is 14.3. The van der Waals surface area contributed by atoms with Crippen LogP contribution in [0.1, 0.15) is 39.0 Å². The van der Waals surface area contributed by atoms with Crippen molar-refractivity contribution >= 4 is 0 Å². The van der Waals surface area contributed by atoms with Gasteiger partial charge >= 0.3 is 0 Å². The smallest absolute Gasteiger partial charge is 0.0698 e. The lowest BCUT2D eigenvalue weighted by Gasteiger charge is -2.43. The van der Waals surface area contributed by atoms with E-state index in [2.05, 4.69) is 17.1 Å². The Hall–Kier alpha value is -0.160. The number of ether oxygens (including phenoxy) is 2. The first-order chi connectivity index (χ1) is 9.78. The third kappa shape index (κ3) is 4.69. The number of hydrogen-bond donors (Lipinski definition) is 1. The van der Waals surface area contributed by atoms with Gasteiger partial charge in [0.1, 0.15) is 0 Å². The molecule has 2 rings (SSSR count). The van der Waals surface area contributed by atoms with Crippen LogP contribution >= 0.6 is 0 Å². The van der Waals surface area contributed by atoms with Crippen molar-refractivity contribution in [2.45, 2.75) is 45.1 Å². The molecule has 4 nitrogen and oxygen atoms in total. The normalized spacial score (nSPS) is 27.6. The van der Waals surface area contributed by atoms with Gasteiger partial charge in [0.15, 0.2) is 0 Å². The van der Waals surface area contributed by atoms with E-state index in [4.69, 9.17) is 9.47 Å². The van der Waals surface area contributed by atoms with Gasteiger partial charge in [-0.1, -0.05) is 6.92 Å². The molecular formula is C16H32N2O2. The second-order valence-electron chi connectivity index (χ2n) is 6.52. The average Bonchev–Trinajstić information content (AvgIpc) is 2.48. The summed E-state index contributed by atoms with van der Waals surface area (Å²) in [6, 6.07) is 0. The van der Waals surface area contributed by atoms with E-state index in [9.17, 15) is 0 Å². The molecule has 0 radical (unpaired) electrons. The number of nitrogens with zero attached hydrogens (tertiary/aromatic N) is 1. The molecule has 1 unspecified atom stereocenters. The molecule has 4 heteroatoms. The molecule has 0 saturated carbocycles. The quantitative estimate of drug-likeness (QED) is 0.724. The maximum atomic E-state index is 5.59. The number of nitrogens with one attached hydrogen (secondary N) is 1. The van der Waals surface area contributed by atoms with Crippen molar-refractivity contribution < 1.29 is 9.47 Å². The van der Waals surface area contributed by atoms with Crippen molar-refractivity contribution in [3.8, 4) is 0 Å². The lowest BCUT2D eigenvalue weighted by Crippen LogP contribution is -2.50. The lowest BCUT2D eigenvalue weighted by atomic mass is 9.79. The largest absolute Gasteiger partial charge is 0.381 e. The Labute approximate surface area is 124 Å². The molecule has 0 aromatic rings. The average molecular weight is 284 g/mol. The number of piperidine rings is 1. The van der Waals surface area contributed by atoms with Gasteiger partial charge in [-0.15, -0.1) is 0 Å². The van der Waals surface area contributed by atoms with Crippen LogP contribution in [0.2, 0.25) is 0 Å². The zero-order valence-corrected chi connectivity index (χ0v) is 13.3. The van der Waals surface area contributed by atoms with Gasteiger partial charge in [0.05, 0.1) is 6.10 Å². The summed E-state index contributed by atoms with van der Waals surface area (Å²) in [5.74, 6) is 0. The van der Waals surface area contributed by atoms with Crippen LogP contribution in [0.25, 0.3) is 0 Å². The van der Waals surface area contributed by atoms with Gasteiger partial charge in [-0.25, -0.2) is 0 Å². The van der Waals surface area contributed by atoms with Gasteiger partial charge in [-0.2, -0.15) is 0 Å². The van der Waals surface area contributed by atoms with Gasteiger partial charge in [0.2, 0.25) is 0 Å². The minimum absolute atomic E-state index is 0.406. The highest BCUT2D eigenvalue weighted by Gasteiger charge is 2.35. The molecule has 0 spiro atoms. The summed E-state index contributed by atoms with van der Waals surface area (Å²) in [4.78, 5) is 2.62. The van der Waals surface area contributed by atoms with Gasteiger partial charge in [-0.05, 0) is 50.6 Å². The molecule has 1 N–H and O–H groups in total. The highest BCUT2D eigenvalue weighted by Crippen LogP contribution is 2.32. The van der Waals surface area contributed by atoms with Gasteiger partial charge in [0, 0.05) is 40.0 Å². The predicted octanol–water partition coefficient (Wildman–Crippen LogP) is 1.89. The number of likely N-dealkylation sites (tertiary alicyclic amines) is 1. The van der Waals surface area contributed by atoms with Crippen LogP contribution in [0.4, 0.5) is 0 Å². The fourth-order valence-corrected chi connectivity index (χ4v) is 3.55. The van der Waals surface area contributed by atoms with E-state index in [-0.39, 0.29) is 0 Å². The number of hydrogen-bond acceptors (Lipinski definition) is 4. The Morgan fingerprint density at radius 1 is 1.35 bits per heavy atom. The van der Waals surface area contributed by atoms with Gasteiger partial charge < -0.3 is 19.7 Å². The highest BCUT2D eigenvalue weighted by molar-refractivity contribution is 4.89. The molecule has 2 fully saturated rings. The summed E-state index contributed by atoms with van der Waals surface area (Å²) in [7, 11) is 1.85. The lowest BCUT2D eigenvalue weighted by molar-refractivity contribution is -0.0272. The number of rotatable bonds is 7. The van der Waals surface area contributed by atoms with E-state index in [0.29, 0.717) is 11.5 Å². The van der Waals surface area contributed by atoms with Crippen LogP contribution in [0.3, 0.4) is 0 Å². The van der Waals surface area contributed by atoms with Crippen molar-refractivity contribution in [3.63, 3.8) is 0 Å². The molecular weight excluding hydrogens is 252 g/mol. The summed E-state index contributed by atoms with van der Waals surface area (Å²) >= 11 is 0. The fourth-order valence-electron chi connectivity index (χ4n) is 3.55. The van der Waals surface area contributed by atoms with Crippen LogP contribution < -0.4 is 5.32 Å². The Morgan fingerprint density at radius 3 is 2.85 bits per heavy atom. The first-order valence-electron chi connectivity index (χ1n) is 8.31. The molecule has 0 amide bonds. The molecule has 1 atom stereocenters. The van der Waals surface area contributed by atoms with Gasteiger partial charge in [-0.3, -0.25) is 0 Å². The molecule has 2 aliphatic heterocycles. The topological polar surface area (TPSA) is 33.7 Å². The molecule has 2 aliphatic rings. The van der Waals surface area contributed by atoms with E-state index in [1.165, 1.54) is 45.2 Å². The molecule has 20 heavy (non-hydrogen) atoms. The minimum Gasteiger partial charge on any atom is -0.381 e. The van der Waals surface area contributed by atoms with Crippen LogP contribution in [-0.2, 0) is 9.47 Å². The van der Waals surface area contributed by atoms with Crippen molar-refractivity contribution in [2.24, 2.45) is 5.41 Å². The second kappa shape index (κ2) is 8.32. The third-order valence-corrected chi connectivity index (χ3v) is 4.83. The summed E-state index contributed by atoms with van der Waals surface area (Å²) in [6.45, 7) is 9.89. The fraction of sp³-hybridized carbons (Fsp3) is 1.00. The van der Waals surface area contributed by atoms with Gasteiger partial charge in [0.25, 0.3) is 0 Å². The highest BCUT2D eigenvalue weighted by atomic mass is 16.5. The third-order valence-electron chi connectivity index (χ3n) is 4.83. The Balaban J connectivity index is 1.88. The second-order valence-corrected chi connectivity index (χ2v) is 6.52. The Bertz CT molecular complexity index is 267. The first-order valence-corrected chi connectivity index (χ1v) is 8.31. The van der Waals surface area contributed by atoms with Crippen LogP contribution in [0.5, 0.6) is 0 Å². The standard InChI is InChI=1S/C16H32N2O2/c1-3-8-17-13-16(6-10-20-11-7-16)14-18-9-4-5-15(12-18)19-2/h15,17H,3-14H2,1-2H3. The SMILES string of the molecule is CCCNCC1(CN2CCCC(OC)C2)CCOCC1. The molecule has 2 heterocycles. The summed E-state index contributed by atoms with van der Waals surface area (Å²) < 4.78 is 11.2. The maximum Gasteiger partial charge on any atom is 0.0698 e. The molecule has 0 aliphatic carbocycles. The number of methoxy groups -OCH3 is 1. The molecule has 2 saturated heterocycles. The first kappa shape index (κ1) is 16.2. The van der Waals surface area contributed by atoms with E-state index >= 15 is 0 Å². The van der Waals surface area contributed by atoms with Crippen molar-refractivity contribution in [1.29, 1.82) is 0 Å². The van der Waals surface area contributed by atoms with Crippen LogP contribution in [-0.4, -0.2) is 64.1 Å². The van der Waals surface area contributed by atoms with E-state index in [1.54, 1.807) is 0 Å². The summed E-state index contributed by atoms with van der Waals surface area (Å²) in [5.41, 5.74) is 0.406. The Kier molecular flexibility index (Phi) is 6.75. The van der Waals surface area contributed by atoms with E-state index in [1.807, 2.05) is 7.11 Å². The van der Waals surface area contributed by atoms with Crippen LogP contribution in [0, 0.1) is 5.41 Å². The van der Waals surface area contributed by atoms with E-state index < -0.39 is 0 Å². The monoisotopic (exact) mass is 284 g/mol. The zero-order valence-electron chi connectivity index (χ0n) is 13.3. The van der Waals surface area contributed by atoms with Crippen LogP contribution in [0.15, 0.2) is 0 Å². The van der Waals surface area contributed by atoms with Crippen molar-refractivity contribution in [3.05, 3.63) is 0 Å². The molecule has 118 valence electrons. The van der Waals surface area contributed by atoms with Crippen molar-refractivity contribution in [2.75, 3.05) is 53.0 Å². The molecule has 0 aromatic carbocycles. The molecule has 0 aromatic heterocycles. The summed E-state index contributed by atoms with van der Waals surface area (Å²) in [6.07, 6.45) is 6.52.